The molecule has 1 saturated heterocycles. The summed E-state index contributed by atoms with van der Waals surface area (Å²) in [6.45, 7) is 1.97. The minimum absolute atomic E-state index is 0.486. The lowest BCUT2D eigenvalue weighted by atomic mass is 9.97. The Bertz CT molecular complexity index is 605. The molecule has 0 amide bonds. The van der Waals surface area contributed by atoms with Crippen LogP contribution in [0.5, 0.6) is 5.75 Å². The van der Waals surface area contributed by atoms with Crippen molar-refractivity contribution in [3.05, 3.63) is 46.8 Å². The first-order valence-corrected chi connectivity index (χ1v) is 7.43. The number of aromatic nitrogens is 2. The van der Waals surface area contributed by atoms with Crippen LogP contribution in [0.15, 0.2) is 41.3 Å². The van der Waals surface area contributed by atoms with E-state index in [-0.39, 0.29) is 0 Å². The highest BCUT2D eigenvalue weighted by atomic mass is 79.9. The Morgan fingerprint density at radius 1 is 1.30 bits per heavy atom. The molecule has 1 aliphatic heterocycles. The lowest BCUT2D eigenvalue weighted by Gasteiger charge is -2.18. The van der Waals surface area contributed by atoms with Gasteiger partial charge < -0.3 is 9.64 Å². The van der Waals surface area contributed by atoms with Gasteiger partial charge >= 0.3 is 0 Å². The quantitative estimate of drug-likeness (QED) is 0.808. The van der Waals surface area contributed by atoms with Crippen molar-refractivity contribution in [3.63, 3.8) is 0 Å². The first kappa shape index (κ1) is 13.4. The van der Waals surface area contributed by atoms with Gasteiger partial charge in [0.05, 0.1) is 7.11 Å². The summed E-state index contributed by atoms with van der Waals surface area (Å²) in [5.41, 5.74) is 1.28. The van der Waals surface area contributed by atoms with Gasteiger partial charge in [-0.25, -0.2) is 9.97 Å². The molecule has 0 saturated carbocycles. The lowest BCUT2D eigenvalue weighted by Crippen LogP contribution is -2.20. The van der Waals surface area contributed by atoms with Crippen LogP contribution in [0, 0.1) is 0 Å². The summed E-state index contributed by atoms with van der Waals surface area (Å²) in [6, 6.07) is 10.2. The van der Waals surface area contributed by atoms with Crippen LogP contribution in [0.25, 0.3) is 0 Å². The van der Waals surface area contributed by atoms with Gasteiger partial charge in [-0.15, -0.1) is 0 Å². The third-order valence-electron chi connectivity index (χ3n) is 3.70. The van der Waals surface area contributed by atoms with Crippen LogP contribution in [0.2, 0.25) is 0 Å². The minimum atomic E-state index is 0.486. The number of benzene rings is 1. The Labute approximate surface area is 126 Å². The first-order valence-electron chi connectivity index (χ1n) is 6.64. The number of rotatable bonds is 3. The van der Waals surface area contributed by atoms with E-state index < -0.39 is 0 Å². The van der Waals surface area contributed by atoms with Crippen LogP contribution in [0.1, 0.15) is 17.9 Å². The molecule has 104 valence electrons. The lowest BCUT2D eigenvalue weighted by molar-refractivity contribution is 0.406. The Kier molecular flexibility index (Phi) is 3.87. The van der Waals surface area contributed by atoms with E-state index in [1.54, 1.807) is 13.3 Å². The topological polar surface area (TPSA) is 38.2 Å². The predicted molar refractivity (Wildman–Crippen MR) is 82.3 cm³/mol. The third-order valence-corrected chi connectivity index (χ3v) is 4.08. The van der Waals surface area contributed by atoms with Crippen molar-refractivity contribution in [2.45, 2.75) is 12.3 Å². The van der Waals surface area contributed by atoms with Crippen molar-refractivity contribution < 1.29 is 4.74 Å². The number of para-hydroxylation sites is 1. The number of ether oxygens (including phenoxy) is 1. The second-order valence-corrected chi connectivity index (χ2v) is 5.57. The fraction of sp³-hybridized carbons (Fsp3) is 0.333. The fourth-order valence-electron chi connectivity index (χ4n) is 2.73. The predicted octanol–water partition coefficient (Wildman–Crippen LogP) is 3.24. The Hall–Kier alpha value is -1.62. The largest absolute Gasteiger partial charge is 0.496 e. The smallest absolute Gasteiger partial charge is 0.198 e. The molecule has 1 atom stereocenters. The number of anilines is 1. The summed E-state index contributed by atoms with van der Waals surface area (Å²) in [4.78, 5) is 10.8. The highest BCUT2D eigenvalue weighted by Crippen LogP contribution is 2.34. The van der Waals surface area contributed by atoms with Gasteiger partial charge in [-0.2, -0.15) is 0 Å². The first-order chi connectivity index (χ1) is 9.78. The highest BCUT2D eigenvalue weighted by molar-refractivity contribution is 9.10. The molecule has 2 aromatic rings. The van der Waals surface area contributed by atoms with Crippen molar-refractivity contribution in [1.82, 2.24) is 9.97 Å². The zero-order chi connectivity index (χ0) is 13.9. The van der Waals surface area contributed by atoms with E-state index in [9.17, 15) is 0 Å². The van der Waals surface area contributed by atoms with E-state index in [1.807, 2.05) is 18.2 Å². The van der Waals surface area contributed by atoms with Crippen LogP contribution in [0.3, 0.4) is 0 Å². The molecule has 0 spiro atoms. The molecule has 3 rings (SSSR count). The molecule has 2 heterocycles. The zero-order valence-electron chi connectivity index (χ0n) is 11.3. The molecule has 1 fully saturated rings. The molecule has 5 heteroatoms. The molecule has 0 aliphatic carbocycles. The zero-order valence-corrected chi connectivity index (χ0v) is 12.9. The Morgan fingerprint density at radius 2 is 2.15 bits per heavy atom. The average molecular weight is 334 g/mol. The third kappa shape index (κ3) is 2.63. The van der Waals surface area contributed by atoms with Crippen LogP contribution in [-0.4, -0.2) is 30.2 Å². The maximum atomic E-state index is 5.47. The van der Waals surface area contributed by atoms with Crippen molar-refractivity contribution in [1.29, 1.82) is 0 Å². The van der Waals surface area contributed by atoms with Crippen molar-refractivity contribution in [3.8, 4) is 5.75 Å². The molecule has 1 unspecified atom stereocenters. The van der Waals surface area contributed by atoms with Gasteiger partial charge in [0.1, 0.15) is 11.6 Å². The average Bonchev–Trinajstić information content (AvgIpc) is 2.97. The van der Waals surface area contributed by atoms with Crippen molar-refractivity contribution in [2.75, 3.05) is 25.1 Å². The molecule has 0 radical (unpaired) electrons. The minimum Gasteiger partial charge on any atom is -0.496 e. The van der Waals surface area contributed by atoms with Gasteiger partial charge in [0.25, 0.3) is 0 Å². The van der Waals surface area contributed by atoms with Crippen LogP contribution < -0.4 is 9.64 Å². The van der Waals surface area contributed by atoms with Crippen molar-refractivity contribution >= 4 is 21.7 Å². The van der Waals surface area contributed by atoms with Gasteiger partial charge in [-0.1, -0.05) is 18.2 Å². The second-order valence-electron chi connectivity index (χ2n) is 4.86. The van der Waals surface area contributed by atoms with E-state index in [4.69, 9.17) is 4.74 Å². The summed E-state index contributed by atoms with van der Waals surface area (Å²) in [5.74, 6) is 2.44. The van der Waals surface area contributed by atoms with Gasteiger partial charge in [-0.3, -0.25) is 0 Å². The number of hydrogen-bond acceptors (Lipinski definition) is 4. The number of nitrogens with zero attached hydrogens (tertiary/aromatic N) is 3. The Morgan fingerprint density at radius 3 is 2.95 bits per heavy atom. The standard InChI is InChI=1S/C15H16BrN3O/c1-20-13-5-3-2-4-12(13)11-7-9-19(10-11)14-6-8-17-15(16)18-14/h2-6,8,11H,7,9-10H2,1H3. The summed E-state index contributed by atoms with van der Waals surface area (Å²) < 4.78 is 6.10. The Balaban J connectivity index is 1.80. The maximum absolute atomic E-state index is 5.47. The number of halogens is 1. The van der Waals surface area contributed by atoms with E-state index in [2.05, 4.69) is 42.9 Å². The second kappa shape index (κ2) is 5.79. The van der Waals surface area contributed by atoms with Gasteiger partial charge in [-0.05, 0) is 40.0 Å². The number of methoxy groups -OCH3 is 1. The number of hydrogen-bond donors (Lipinski definition) is 0. The summed E-state index contributed by atoms with van der Waals surface area (Å²) in [5, 5.41) is 0. The van der Waals surface area contributed by atoms with Gasteiger partial charge in [0.15, 0.2) is 4.73 Å². The summed E-state index contributed by atoms with van der Waals surface area (Å²) >= 11 is 3.32. The molecule has 1 aromatic heterocycles. The normalized spacial score (nSPS) is 18.3. The van der Waals surface area contributed by atoms with Gasteiger partial charge in [0, 0.05) is 25.2 Å². The molecule has 1 aromatic carbocycles. The molecule has 4 nitrogen and oxygen atoms in total. The van der Waals surface area contributed by atoms with Crippen LogP contribution in [-0.2, 0) is 0 Å². The highest BCUT2D eigenvalue weighted by Gasteiger charge is 2.26. The molecule has 20 heavy (non-hydrogen) atoms. The molecular weight excluding hydrogens is 318 g/mol. The van der Waals surface area contributed by atoms with E-state index in [1.165, 1.54) is 5.56 Å². The molecular formula is C15H16BrN3O. The van der Waals surface area contributed by atoms with E-state index in [0.29, 0.717) is 10.7 Å². The van der Waals surface area contributed by atoms with Gasteiger partial charge in [0.2, 0.25) is 0 Å². The summed E-state index contributed by atoms with van der Waals surface area (Å²) in [7, 11) is 1.73. The SMILES string of the molecule is COc1ccccc1C1CCN(c2ccnc(Br)n2)C1. The van der Waals surface area contributed by atoms with Crippen molar-refractivity contribution in [2.24, 2.45) is 0 Å². The molecule has 1 aliphatic rings. The monoisotopic (exact) mass is 333 g/mol. The summed E-state index contributed by atoms with van der Waals surface area (Å²) in [6.07, 6.45) is 2.89. The van der Waals surface area contributed by atoms with E-state index >= 15 is 0 Å². The van der Waals surface area contributed by atoms with E-state index in [0.717, 1.165) is 31.1 Å². The maximum Gasteiger partial charge on any atom is 0.198 e. The van der Waals surface area contributed by atoms with Crippen LogP contribution in [0.4, 0.5) is 5.82 Å². The fourth-order valence-corrected chi connectivity index (χ4v) is 3.03. The molecule has 0 bridgehead atoms. The molecule has 0 N–H and O–H groups in total. The van der Waals surface area contributed by atoms with Crippen LogP contribution >= 0.6 is 15.9 Å².